The van der Waals surface area contributed by atoms with Crippen molar-refractivity contribution in [1.82, 2.24) is 15.5 Å². The summed E-state index contributed by atoms with van der Waals surface area (Å²) in [6.45, 7) is 9.91. The topological polar surface area (TPSA) is 162 Å². The number of hydrogen-bond donors (Lipinski definition) is 3. The second-order valence-corrected chi connectivity index (χ2v) is 16.2. The van der Waals surface area contributed by atoms with Crippen molar-refractivity contribution < 1.29 is 38.6 Å². The van der Waals surface area contributed by atoms with E-state index in [1.165, 1.54) is 18.2 Å². The molecule has 0 saturated heterocycles. The molecule has 0 aliphatic carbocycles. The van der Waals surface area contributed by atoms with Crippen LogP contribution in [0.25, 0.3) is 0 Å². The highest BCUT2D eigenvalue weighted by molar-refractivity contribution is 6.00. The molecule has 3 N–H and O–H groups in total. The first-order chi connectivity index (χ1) is 31.4. The molecule has 1 aliphatic heterocycles. The number of β-amino-alcohol motifs (C(OH)–C–C–N with tert-alkyl or cyclic N) is 1. The lowest BCUT2D eigenvalue weighted by molar-refractivity contribution is -0.384. The largest absolute Gasteiger partial charge is 0.493 e. The molecule has 0 radical (unpaired) electrons. The highest BCUT2D eigenvalue weighted by Crippen LogP contribution is 2.46. The number of allylic oxidation sites excluding steroid dienone is 1. The predicted molar refractivity (Wildman–Crippen MR) is 249 cm³/mol. The number of rotatable bonds is 21. The molecule has 2 unspecified atom stereocenters. The van der Waals surface area contributed by atoms with Crippen molar-refractivity contribution in [3.8, 4) is 11.5 Å². The van der Waals surface area contributed by atoms with Gasteiger partial charge in [0.2, 0.25) is 0 Å². The van der Waals surface area contributed by atoms with E-state index in [2.05, 4.69) is 65.8 Å². The van der Waals surface area contributed by atoms with Crippen molar-refractivity contribution in [1.29, 1.82) is 0 Å². The summed E-state index contributed by atoms with van der Waals surface area (Å²) in [5, 5.41) is 31.0. The predicted octanol–water partition coefficient (Wildman–Crippen LogP) is 8.05. The van der Waals surface area contributed by atoms with Crippen LogP contribution in [0.1, 0.15) is 62.8 Å². The van der Waals surface area contributed by atoms with Gasteiger partial charge in [0.1, 0.15) is 12.7 Å². The van der Waals surface area contributed by atoms with E-state index in [0.29, 0.717) is 35.0 Å². The Bertz CT molecular complexity index is 2380. The van der Waals surface area contributed by atoms with Crippen molar-refractivity contribution in [3.63, 3.8) is 0 Å². The molecule has 2 atom stereocenters. The minimum Gasteiger partial charge on any atom is -0.493 e. The van der Waals surface area contributed by atoms with Crippen LogP contribution in [-0.4, -0.2) is 85.1 Å². The molecule has 340 valence electrons. The number of non-ortho nitro benzene ring substituents is 1. The fourth-order valence-electron chi connectivity index (χ4n) is 8.74. The molecule has 6 rings (SSSR count). The number of hydrogen-bond acceptors (Lipinski definition) is 12. The van der Waals surface area contributed by atoms with Crippen LogP contribution in [0.4, 0.5) is 5.69 Å². The zero-order valence-corrected chi connectivity index (χ0v) is 37.8. The number of esters is 2. The Morgan fingerprint density at radius 3 is 1.83 bits per heavy atom. The Morgan fingerprint density at radius 1 is 0.785 bits per heavy atom. The number of aliphatic hydroxyl groups is 1. The Kier molecular flexibility index (Phi) is 15.9. The van der Waals surface area contributed by atoms with Gasteiger partial charge in [0.25, 0.3) is 5.69 Å². The summed E-state index contributed by atoms with van der Waals surface area (Å²) in [5.74, 6) is -1.33. The van der Waals surface area contributed by atoms with E-state index >= 15 is 0 Å². The van der Waals surface area contributed by atoms with Gasteiger partial charge in [0.15, 0.2) is 11.5 Å². The first-order valence-electron chi connectivity index (χ1n) is 21.8. The molecule has 5 aromatic carbocycles. The van der Waals surface area contributed by atoms with Gasteiger partial charge in [-0.15, -0.1) is 0 Å². The monoisotopic (exact) mass is 882 g/mol. The average molecular weight is 883 g/mol. The second kappa shape index (κ2) is 21.7. The lowest BCUT2D eigenvalue weighted by atomic mass is 9.73. The van der Waals surface area contributed by atoms with E-state index in [0.717, 1.165) is 16.7 Å². The highest BCUT2D eigenvalue weighted by Gasteiger charge is 2.49. The van der Waals surface area contributed by atoms with Crippen molar-refractivity contribution in [2.24, 2.45) is 0 Å². The molecule has 1 heterocycles. The Hall–Kier alpha value is -6.80. The number of dihydropyridines is 1. The SMILES string of the molecule is CCOC(=O)C1=C(C)NC(CNCC(C)(C)N(CC(O)COc2ccccc2OC)C(c2ccccc2)(c2ccccc2)c2ccccc2)=C(C(=O)OCC)C1c1cccc([N+](=O)[O-])c1. The third-order valence-corrected chi connectivity index (χ3v) is 11.5. The van der Waals surface area contributed by atoms with Crippen LogP contribution in [0.15, 0.2) is 162 Å². The number of nitrogens with one attached hydrogen (secondary N) is 2. The zero-order valence-electron chi connectivity index (χ0n) is 37.8. The van der Waals surface area contributed by atoms with Crippen molar-refractivity contribution in [2.45, 2.75) is 57.7 Å². The summed E-state index contributed by atoms with van der Waals surface area (Å²) in [6.07, 6.45) is -1.00. The third-order valence-electron chi connectivity index (χ3n) is 11.5. The number of para-hydroxylation sites is 2. The number of benzene rings is 5. The normalized spacial score (nSPS) is 14.7. The molecule has 13 heteroatoms. The number of ether oxygens (including phenoxy) is 4. The van der Waals surface area contributed by atoms with Gasteiger partial charge in [-0.3, -0.25) is 15.0 Å². The lowest BCUT2D eigenvalue weighted by Crippen LogP contribution is -2.63. The third kappa shape index (κ3) is 10.6. The van der Waals surface area contributed by atoms with E-state index in [-0.39, 0.29) is 49.7 Å². The summed E-state index contributed by atoms with van der Waals surface area (Å²) < 4.78 is 22.9. The van der Waals surface area contributed by atoms with Crippen LogP contribution in [0.5, 0.6) is 11.5 Å². The molecule has 13 nitrogen and oxygen atoms in total. The number of carbonyl (C=O) groups is 2. The Balaban J connectivity index is 1.46. The number of nitro benzene ring substituents is 1. The number of aliphatic hydroxyl groups excluding tert-OH is 1. The van der Waals surface area contributed by atoms with Crippen LogP contribution in [-0.2, 0) is 24.6 Å². The quantitative estimate of drug-likeness (QED) is 0.0282. The molecular weight excluding hydrogens is 825 g/mol. The van der Waals surface area contributed by atoms with Crippen LogP contribution >= 0.6 is 0 Å². The van der Waals surface area contributed by atoms with Gasteiger partial charge in [-0.25, -0.2) is 9.59 Å². The van der Waals surface area contributed by atoms with Crippen LogP contribution in [0.3, 0.4) is 0 Å². The summed E-state index contributed by atoms with van der Waals surface area (Å²) >= 11 is 0. The number of nitrogens with zero attached hydrogens (tertiary/aromatic N) is 2. The second-order valence-electron chi connectivity index (χ2n) is 16.2. The molecule has 5 aromatic rings. The first-order valence-corrected chi connectivity index (χ1v) is 21.8. The zero-order chi connectivity index (χ0) is 46.6. The number of methoxy groups -OCH3 is 1. The fourth-order valence-corrected chi connectivity index (χ4v) is 8.74. The smallest absolute Gasteiger partial charge is 0.336 e. The maximum Gasteiger partial charge on any atom is 0.336 e. The molecular formula is C52H58N4O9. The molecule has 65 heavy (non-hydrogen) atoms. The summed E-state index contributed by atoms with van der Waals surface area (Å²) in [5.41, 5.74) is 2.43. The summed E-state index contributed by atoms with van der Waals surface area (Å²) in [6, 6.07) is 43.8. The fraction of sp³-hybridized carbons (Fsp3) is 0.308. The number of carbonyl (C=O) groups excluding carboxylic acids is 2. The van der Waals surface area contributed by atoms with E-state index in [9.17, 15) is 24.8 Å². The van der Waals surface area contributed by atoms with E-state index in [1.807, 2.05) is 66.7 Å². The molecule has 1 aliphatic rings. The van der Waals surface area contributed by atoms with Gasteiger partial charge in [-0.05, 0) is 69.0 Å². The van der Waals surface area contributed by atoms with Crippen LogP contribution in [0.2, 0.25) is 0 Å². The van der Waals surface area contributed by atoms with Gasteiger partial charge in [-0.1, -0.05) is 115 Å². The molecule has 0 saturated carbocycles. The van der Waals surface area contributed by atoms with E-state index in [4.69, 9.17) is 18.9 Å². The molecule has 0 fully saturated rings. The van der Waals surface area contributed by atoms with Crippen molar-refractivity contribution in [2.75, 3.05) is 46.6 Å². The molecule has 0 amide bonds. The van der Waals surface area contributed by atoms with Crippen molar-refractivity contribution in [3.05, 3.63) is 194 Å². The van der Waals surface area contributed by atoms with E-state index in [1.54, 1.807) is 46.1 Å². The summed E-state index contributed by atoms with van der Waals surface area (Å²) in [7, 11) is 1.57. The maximum absolute atomic E-state index is 14.1. The van der Waals surface area contributed by atoms with Gasteiger partial charge < -0.3 is 34.7 Å². The van der Waals surface area contributed by atoms with Gasteiger partial charge in [-0.2, -0.15) is 0 Å². The number of nitro groups is 1. The minimum absolute atomic E-state index is 0.0397. The molecule has 0 aromatic heterocycles. The maximum atomic E-state index is 14.1. The first kappa shape index (κ1) is 47.7. The summed E-state index contributed by atoms with van der Waals surface area (Å²) in [4.78, 5) is 41.6. The lowest BCUT2D eigenvalue weighted by Gasteiger charge is -2.53. The Labute approximate surface area is 380 Å². The molecule has 0 bridgehead atoms. The minimum atomic E-state index is -1.05. The highest BCUT2D eigenvalue weighted by atomic mass is 16.6. The van der Waals surface area contributed by atoms with Crippen molar-refractivity contribution >= 4 is 17.6 Å². The Morgan fingerprint density at radius 2 is 1.31 bits per heavy atom. The van der Waals surface area contributed by atoms with Crippen LogP contribution < -0.4 is 20.1 Å². The molecule has 0 spiro atoms. The van der Waals surface area contributed by atoms with Crippen LogP contribution in [0, 0.1) is 10.1 Å². The standard InChI is InChI=1S/C52H58N4O9/c1-7-63-49(58)46-36(3)54-43(48(50(59)64-8-2)47(46)37-21-20-28-41(31-37)56(60)61)32-53-35-51(4,5)55(33-42(57)34-65-45-30-19-18-29-44(45)62-6)52(38-22-12-9-13-23-38,39-24-14-10-15-25-39)40-26-16-11-17-27-40/h9-31,42,47,53-54,57H,7-8,32-35H2,1-6H3. The van der Waals surface area contributed by atoms with Gasteiger partial charge in [0.05, 0.1) is 47.8 Å². The van der Waals surface area contributed by atoms with E-state index < -0.39 is 40.0 Å². The van der Waals surface area contributed by atoms with Gasteiger partial charge in [0, 0.05) is 48.7 Å². The van der Waals surface area contributed by atoms with Gasteiger partial charge >= 0.3 is 11.9 Å². The average Bonchev–Trinajstić information content (AvgIpc) is 3.31.